The smallest absolute Gasteiger partial charge is 0.307 e. The second-order valence-corrected chi connectivity index (χ2v) is 6.00. The van der Waals surface area contributed by atoms with Crippen LogP contribution in [0.1, 0.15) is 12.5 Å². The number of methoxy groups -OCH3 is 2. The number of carbonyl (C=O) groups excluding carboxylic acids is 1. The molecule has 26 heavy (non-hydrogen) atoms. The average Bonchev–Trinajstić information content (AvgIpc) is 2.66. The lowest BCUT2D eigenvalue weighted by molar-refractivity contribution is -0.145. The number of aliphatic carboxylic acids is 1. The Morgan fingerprint density at radius 1 is 0.962 bits per heavy atom. The van der Waals surface area contributed by atoms with E-state index in [0.717, 1.165) is 5.56 Å². The van der Waals surface area contributed by atoms with Crippen LogP contribution in [0.15, 0.2) is 48.5 Å². The van der Waals surface area contributed by atoms with E-state index in [1.54, 1.807) is 57.5 Å². The monoisotopic (exact) mass is 357 g/mol. The van der Waals surface area contributed by atoms with E-state index in [4.69, 9.17) is 9.47 Å². The summed E-state index contributed by atoms with van der Waals surface area (Å²) in [4.78, 5) is 24.2. The van der Waals surface area contributed by atoms with E-state index in [1.165, 1.54) is 0 Å². The second-order valence-electron chi connectivity index (χ2n) is 6.00. The highest BCUT2D eigenvalue weighted by atomic mass is 16.5. The van der Waals surface area contributed by atoms with Gasteiger partial charge in [-0.15, -0.1) is 0 Å². The Kier molecular flexibility index (Phi) is 6.60. The summed E-state index contributed by atoms with van der Waals surface area (Å²) < 4.78 is 10.2. The molecule has 0 heterocycles. The van der Waals surface area contributed by atoms with Gasteiger partial charge in [-0.1, -0.05) is 19.1 Å². The number of carbonyl (C=O) groups is 2. The maximum atomic E-state index is 12.7. The summed E-state index contributed by atoms with van der Waals surface area (Å²) in [5.41, 5.74) is 1.46. The summed E-state index contributed by atoms with van der Waals surface area (Å²) in [6.45, 7) is 1.55. The summed E-state index contributed by atoms with van der Waals surface area (Å²) in [7, 11) is 3.14. The molecule has 138 valence electrons. The number of benzene rings is 2. The topological polar surface area (TPSA) is 84.9 Å². The van der Waals surface area contributed by atoms with Crippen LogP contribution >= 0.6 is 0 Å². The summed E-state index contributed by atoms with van der Waals surface area (Å²) >= 11 is 0. The molecule has 6 nitrogen and oxygen atoms in total. The lowest BCUT2D eigenvalue weighted by atomic mass is 9.87. The third-order valence-corrected chi connectivity index (χ3v) is 4.30. The van der Waals surface area contributed by atoms with Crippen molar-refractivity contribution < 1.29 is 24.2 Å². The molecule has 0 aromatic heterocycles. The number of carboxylic acids is 1. The first kappa shape index (κ1) is 19.3. The minimum absolute atomic E-state index is 0.319. The molecule has 0 saturated heterocycles. The van der Waals surface area contributed by atoms with Crippen molar-refractivity contribution in [3.8, 4) is 11.5 Å². The number of amides is 1. The SMILES string of the molecule is COc1ccc(C[C@H](C(=O)Nc2ccc(OC)cc2)[C@H](C)C(=O)O)cc1. The predicted octanol–water partition coefficient (Wildman–Crippen LogP) is 3.22. The molecule has 0 aliphatic heterocycles. The number of hydrogen-bond donors (Lipinski definition) is 2. The molecule has 0 fully saturated rings. The van der Waals surface area contributed by atoms with E-state index >= 15 is 0 Å². The molecule has 0 aliphatic rings. The van der Waals surface area contributed by atoms with E-state index in [9.17, 15) is 14.7 Å². The Morgan fingerprint density at radius 3 is 1.92 bits per heavy atom. The highest BCUT2D eigenvalue weighted by Gasteiger charge is 2.30. The maximum absolute atomic E-state index is 12.7. The van der Waals surface area contributed by atoms with Gasteiger partial charge >= 0.3 is 5.97 Å². The zero-order valence-electron chi connectivity index (χ0n) is 15.1. The molecular formula is C20H23NO5. The molecule has 0 saturated carbocycles. The van der Waals surface area contributed by atoms with E-state index in [0.29, 0.717) is 23.6 Å². The molecule has 1 amide bonds. The number of anilines is 1. The number of nitrogens with one attached hydrogen (secondary N) is 1. The van der Waals surface area contributed by atoms with Crippen molar-refractivity contribution in [3.05, 3.63) is 54.1 Å². The Hall–Kier alpha value is -3.02. The molecule has 2 aromatic carbocycles. The highest BCUT2D eigenvalue weighted by Crippen LogP contribution is 2.23. The third-order valence-electron chi connectivity index (χ3n) is 4.30. The number of rotatable bonds is 8. The van der Waals surface area contributed by atoms with Crippen molar-refractivity contribution >= 4 is 17.6 Å². The summed E-state index contributed by atoms with van der Waals surface area (Å²) in [5.74, 6) is -1.48. The number of hydrogen-bond acceptors (Lipinski definition) is 4. The molecule has 2 rings (SSSR count). The summed E-state index contributed by atoms with van der Waals surface area (Å²) in [5, 5.41) is 12.2. The molecule has 6 heteroatoms. The van der Waals surface area contributed by atoms with Crippen molar-refractivity contribution in [2.75, 3.05) is 19.5 Å². The van der Waals surface area contributed by atoms with Crippen molar-refractivity contribution in [3.63, 3.8) is 0 Å². The van der Waals surface area contributed by atoms with Crippen LogP contribution in [0.3, 0.4) is 0 Å². The van der Waals surface area contributed by atoms with Crippen LogP contribution in [-0.2, 0) is 16.0 Å². The summed E-state index contributed by atoms with van der Waals surface area (Å²) in [6.07, 6.45) is 0.319. The highest BCUT2D eigenvalue weighted by molar-refractivity contribution is 5.95. The minimum atomic E-state index is -1.01. The normalized spacial score (nSPS) is 12.7. The van der Waals surface area contributed by atoms with Crippen molar-refractivity contribution in [1.29, 1.82) is 0 Å². The summed E-state index contributed by atoms with van der Waals surface area (Å²) in [6, 6.07) is 14.1. The van der Waals surface area contributed by atoms with Gasteiger partial charge < -0.3 is 19.9 Å². The average molecular weight is 357 g/mol. The minimum Gasteiger partial charge on any atom is -0.497 e. The molecule has 0 unspecified atom stereocenters. The fourth-order valence-electron chi connectivity index (χ4n) is 2.59. The first-order valence-corrected chi connectivity index (χ1v) is 8.25. The van der Waals surface area contributed by atoms with Gasteiger partial charge in [0.05, 0.1) is 26.1 Å². The van der Waals surface area contributed by atoms with Crippen LogP contribution < -0.4 is 14.8 Å². The van der Waals surface area contributed by atoms with E-state index in [1.807, 2.05) is 12.1 Å². The lowest BCUT2D eigenvalue weighted by Crippen LogP contribution is -2.33. The van der Waals surface area contributed by atoms with Crippen LogP contribution in [0.25, 0.3) is 0 Å². The van der Waals surface area contributed by atoms with Crippen LogP contribution in [-0.4, -0.2) is 31.2 Å². The Morgan fingerprint density at radius 2 is 1.46 bits per heavy atom. The second kappa shape index (κ2) is 8.89. The van der Waals surface area contributed by atoms with Crippen molar-refractivity contribution in [2.45, 2.75) is 13.3 Å². The van der Waals surface area contributed by atoms with Crippen molar-refractivity contribution in [1.82, 2.24) is 0 Å². The van der Waals surface area contributed by atoms with Crippen LogP contribution in [0.4, 0.5) is 5.69 Å². The Balaban J connectivity index is 2.16. The van der Waals surface area contributed by atoms with Gasteiger partial charge in [-0.2, -0.15) is 0 Å². The van der Waals surface area contributed by atoms with Crippen LogP contribution in [0.2, 0.25) is 0 Å². The molecule has 2 aromatic rings. The predicted molar refractivity (Wildman–Crippen MR) is 98.6 cm³/mol. The first-order chi connectivity index (χ1) is 12.4. The van der Waals surface area contributed by atoms with Gasteiger partial charge in [0.2, 0.25) is 5.91 Å². The van der Waals surface area contributed by atoms with Gasteiger partial charge in [0.15, 0.2) is 0 Å². The molecule has 0 spiro atoms. The van der Waals surface area contributed by atoms with Gasteiger partial charge in [0.25, 0.3) is 0 Å². The molecular weight excluding hydrogens is 334 g/mol. The first-order valence-electron chi connectivity index (χ1n) is 8.25. The van der Waals surface area contributed by atoms with Crippen LogP contribution in [0, 0.1) is 11.8 Å². The quantitative estimate of drug-likeness (QED) is 0.758. The van der Waals surface area contributed by atoms with Gasteiger partial charge in [0, 0.05) is 5.69 Å². The van der Waals surface area contributed by atoms with Crippen molar-refractivity contribution in [2.24, 2.45) is 11.8 Å². The fourth-order valence-corrected chi connectivity index (χ4v) is 2.59. The lowest BCUT2D eigenvalue weighted by Gasteiger charge is -2.21. The zero-order chi connectivity index (χ0) is 19.1. The standard InChI is InChI=1S/C20H23NO5/c1-13(20(23)24)18(12-14-4-8-16(25-2)9-5-14)19(22)21-15-6-10-17(26-3)11-7-15/h4-11,13,18H,12H2,1-3H3,(H,21,22)(H,23,24)/t13-,18-/m0/s1. The van der Waals surface area contributed by atoms with Crippen LogP contribution in [0.5, 0.6) is 11.5 Å². The maximum Gasteiger partial charge on any atom is 0.307 e. The molecule has 2 atom stereocenters. The van der Waals surface area contributed by atoms with E-state index in [2.05, 4.69) is 5.32 Å². The molecule has 0 radical (unpaired) electrons. The largest absolute Gasteiger partial charge is 0.497 e. The Labute approximate surface area is 152 Å². The molecule has 0 aliphatic carbocycles. The number of ether oxygens (including phenoxy) is 2. The fraction of sp³-hybridized carbons (Fsp3) is 0.300. The zero-order valence-corrected chi connectivity index (χ0v) is 15.1. The van der Waals surface area contributed by atoms with Gasteiger partial charge in [-0.3, -0.25) is 9.59 Å². The third kappa shape index (κ3) is 4.99. The van der Waals surface area contributed by atoms with Gasteiger partial charge in [0.1, 0.15) is 11.5 Å². The van der Waals surface area contributed by atoms with Gasteiger partial charge in [-0.05, 0) is 48.4 Å². The number of carboxylic acid groups (broad SMARTS) is 1. The van der Waals surface area contributed by atoms with E-state index < -0.39 is 17.8 Å². The molecule has 0 bridgehead atoms. The molecule has 2 N–H and O–H groups in total. The Bertz CT molecular complexity index is 740. The van der Waals surface area contributed by atoms with Gasteiger partial charge in [-0.25, -0.2) is 0 Å². The van der Waals surface area contributed by atoms with E-state index in [-0.39, 0.29) is 5.91 Å².